The Bertz CT molecular complexity index is 866. The van der Waals surface area contributed by atoms with Gasteiger partial charge in [-0.25, -0.2) is 0 Å². The highest BCUT2D eigenvalue weighted by molar-refractivity contribution is 8.18. The van der Waals surface area contributed by atoms with Crippen molar-refractivity contribution in [3.63, 3.8) is 0 Å². The molecule has 2 aliphatic heterocycles. The SMILES string of the molecule is Cc1ccc(C=C2SC(N3CCN(Cc4ccccc4)CC3)=NC2=O)cc1. The summed E-state index contributed by atoms with van der Waals surface area (Å²) in [4.78, 5) is 22.0. The number of hydrogen-bond acceptors (Lipinski definition) is 4. The molecule has 0 aliphatic carbocycles. The Morgan fingerprint density at radius 3 is 2.41 bits per heavy atom. The van der Waals surface area contributed by atoms with E-state index < -0.39 is 0 Å². The molecule has 0 N–H and O–H groups in total. The summed E-state index contributed by atoms with van der Waals surface area (Å²) in [6.07, 6.45) is 1.94. The maximum absolute atomic E-state index is 12.3. The second-order valence-electron chi connectivity index (χ2n) is 6.97. The van der Waals surface area contributed by atoms with E-state index in [1.54, 1.807) is 0 Å². The number of benzene rings is 2. The summed E-state index contributed by atoms with van der Waals surface area (Å²) in [6.45, 7) is 6.82. The lowest BCUT2D eigenvalue weighted by Crippen LogP contribution is -2.47. The van der Waals surface area contributed by atoms with Crippen molar-refractivity contribution in [1.29, 1.82) is 0 Å². The molecule has 138 valence electrons. The van der Waals surface area contributed by atoms with Gasteiger partial charge in [-0.2, -0.15) is 4.99 Å². The fourth-order valence-electron chi connectivity index (χ4n) is 3.29. The molecule has 1 fully saturated rings. The van der Waals surface area contributed by atoms with Crippen LogP contribution >= 0.6 is 11.8 Å². The molecule has 0 spiro atoms. The van der Waals surface area contributed by atoms with Crippen LogP contribution in [-0.2, 0) is 11.3 Å². The van der Waals surface area contributed by atoms with Crippen LogP contribution in [0.3, 0.4) is 0 Å². The third-order valence-corrected chi connectivity index (χ3v) is 5.92. The number of carbonyl (C=O) groups excluding carboxylic acids is 1. The molecule has 0 atom stereocenters. The van der Waals surface area contributed by atoms with Crippen molar-refractivity contribution in [2.24, 2.45) is 4.99 Å². The van der Waals surface area contributed by atoms with E-state index in [9.17, 15) is 4.79 Å². The van der Waals surface area contributed by atoms with Gasteiger partial charge in [-0.1, -0.05) is 60.2 Å². The molecule has 1 saturated heterocycles. The van der Waals surface area contributed by atoms with Crippen LogP contribution in [0.5, 0.6) is 0 Å². The lowest BCUT2D eigenvalue weighted by molar-refractivity contribution is -0.113. The van der Waals surface area contributed by atoms with Crippen LogP contribution in [0.4, 0.5) is 0 Å². The van der Waals surface area contributed by atoms with Crippen LogP contribution in [0, 0.1) is 6.92 Å². The normalized spacial score (nSPS) is 19.6. The van der Waals surface area contributed by atoms with Crippen molar-refractivity contribution in [2.75, 3.05) is 26.2 Å². The fourth-order valence-corrected chi connectivity index (χ4v) is 4.25. The van der Waals surface area contributed by atoms with E-state index in [0.29, 0.717) is 4.91 Å². The number of hydrogen-bond donors (Lipinski definition) is 0. The zero-order chi connectivity index (χ0) is 18.6. The van der Waals surface area contributed by atoms with Gasteiger partial charge >= 0.3 is 0 Å². The van der Waals surface area contributed by atoms with E-state index in [1.165, 1.54) is 22.9 Å². The molecule has 0 unspecified atom stereocenters. The number of piperazine rings is 1. The number of amidine groups is 1. The van der Waals surface area contributed by atoms with Crippen molar-refractivity contribution in [3.05, 3.63) is 76.2 Å². The third-order valence-electron chi connectivity index (χ3n) is 4.88. The molecule has 1 amide bonds. The van der Waals surface area contributed by atoms with Gasteiger partial charge in [0, 0.05) is 32.7 Å². The summed E-state index contributed by atoms with van der Waals surface area (Å²) in [5.74, 6) is -0.123. The molecule has 2 aliphatic rings. The van der Waals surface area contributed by atoms with Gasteiger partial charge in [0.2, 0.25) is 0 Å². The summed E-state index contributed by atoms with van der Waals surface area (Å²) in [5.41, 5.74) is 3.60. The van der Waals surface area contributed by atoms with E-state index in [0.717, 1.165) is 43.5 Å². The van der Waals surface area contributed by atoms with Crippen LogP contribution in [0.2, 0.25) is 0 Å². The molecule has 5 heteroatoms. The smallest absolute Gasteiger partial charge is 0.286 e. The molecule has 0 radical (unpaired) electrons. The summed E-state index contributed by atoms with van der Waals surface area (Å²) in [7, 11) is 0. The zero-order valence-electron chi connectivity index (χ0n) is 15.5. The van der Waals surface area contributed by atoms with Crippen LogP contribution in [0.25, 0.3) is 6.08 Å². The van der Waals surface area contributed by atoms with E-state index in [-0.39, 0.29) is 5.91 Å². The van der Waals surface area contributed by atoms with Crippen LogP contribution in [0.15, 0.2) is 64.5 Å². The van der Waals surface area contributed by atoms with Gasteiger partial charge in [-0.15, -0.1) is 0 Å². The Balaban J connectivity index is 1.34. The highest BCUT2D eigenvalue weighted by Gasteiger charge is 2.28. The first-order valence-electron chi connectivity index (χ1n) is 9.28. The van der Waals surface area contributed by atoms with Crippen LogP contribution in [-0.4, -0.2) is 47.1 Å². The van der Waals surface area contributed by atoms with Crippen molar-refractivity contribution < 1.29 is 4.79 Å². The standard InChI is InChI=1S/C22H23N3OS/c1-17-7-9-18(10-8-17)15-20-21(26)23-22(27-20)25-13-11-24(12-14-25)16-19-5-3-2-4-6-19/h2-10,15H,11-14,16H2,1H3. The van der Waals surface area contributed by atoms with Gasteiger partial charge in [-0.05, 0) is 35.9 Å². The van der Waals surface area contributed by atoms with E-state index >= 15 is 0 Å². The molecule has 0 aromatic heterocycles. The molecule has 27 heavy (non-hydrogen) atoms. The van der Waals surface area contributed by atoms with E-state index in [1.807, 2.05) is 18.2 Å². The second kappa shape index (κ2) is 8.11. The second-order valence-corrected chi connectivity index (χ2v) is 7.98. The van der Waals surface area contributed by atoms with Gasteiger partial charge in [-0.3, -0.25) is 9.69 Å². The first-order chi connectivity index (χ1) is 13.2. The lowest BCUT2D eigenvalue weighted by Gasteiger charge is -2.35. The van der Waals surface area contributed by atoms with Crippen molar-refractivity contribution in [2.45, 2.75) is 13.5 Å². The maximum atomic E-state index is 12.3. The molecule has 2 aromatic rings. The Morgan fingerprint density at radius 1 is 1.00 bits per heavy atom. The number of nitrogens with zero attached hydrogens (tertiary/aromatic N) is 3. The van der Waals surface area contributed by atoms with Gasteiger partial charge < -0.3 is 4.90 Å². The predicted molar refractivity (Wildman–Crippen MR) is 112 cm³/mol. The van der Waals surface area contributed by atoms with Crippen molar-refractivity contribution >= 4 is 28.9 Å². The van der Waals surface area contributed by atoms with Crippen molar-refractivity contribution in [3.8, 4) is 0 Å². The molecule has 4 rings (SSSR count). The monoisotopic (exact) mass is 377 g/mol. The zero-order valence-corrected chi connectivity index (χ0v) is 16.3. The topological polar surface area (TPSA) is 35.9 Å². The molecule has 4 nitrogen and oxygen atoms in total. The molecule has 0 saturated carbocycles. The van der Waals surface area contributed by atoms with E-state index in [4.69, 9.17) is 0 Å². The summed E-state index contributed by atoms with van der Waals surface area (Å²) in [6, 6.07) is 18.8. The van der Waals surface area contributed by atoms with Gasteiger partial charge in [0.1, 0.15) is 0 Å². The molecular formula is C22H23N3OS. The number of thioether (sulfide) groups is 1. The van der Waals surface area contributed by atoms with Gasteiger partial charge in [0.05, 0.1) is 4.91 Å². The Kier molecular flexibility index (Phi) is 5.41. The number of amides is 1. The molecule has 2 aromatic carbocycles. The molecule has 0 bridgehead atoms. The Hall–Kier alpha value is -2.37. The largest absolute Gasteiger partial charge is 0.348 e. The first-order valence-corrected chi connectivity index (χ1v) is 10.1. The first kappa shape index (κ1) is 18.0. The summed E-state index contributed by atoms with van der Waals surface area (Å²) >= 11 is 1.50. The Labute approximate surface area is 164 Å². The molecule has 2 heterocycles. The summed E-state index contributed by atoms with van der Waals surface area (Å²) in [5, 5.41) is 0.845. The predicted octanol–water partition coefficient (Wildman–Crippen LogP) is 3.78. The number of aryl methyl sites for hydroxylation is 1. The Morgan fingerprint density at radius 2 is 1.70 bits per heavy atom. The minimum atomic E-state index is -0.123. The number of carbonyl (C=O) groups is 1. The summed E-state index contributed by atoms with van der Waals surface area (Å²) < 4.78 is 0. The quantitative estimate of drug-likeness (QED) is 0.763. The van der Waals surface area contributed by atoms with Gasteiger partial charge in [0.15, 0.2) is 5.17 Å². The van der Waals surface area contributed by atoms with Crippen LogP contribution in [0.1, 0.15) is 16.7 Å². The molecular weight excluding hydrogens is 354 g/mol. The van der Waals surface area contributed by atoms with Crippen LogP contribution < -0.4 is 0 Å². The highest BCUT2D eigenvalue weighted by atomic mass is 32.2. The average Bonchev–Trinajstić information content (AvgIpc) is 3.05. The maximum Gasteiger partial charge on any atom is 0.286 e. The fraction of sp³-hybridized carbons (Fsp3) is 0.273. The average molecular weight is 378 g/mol. The lowest BCUT2D eigenvalue weighted by atomic mass is 10.1. The third kappa shape index (κ3) is 4.49. The number of aliphatic imine (C=N–C) groups is 1. The minimum Gasteiger partial charge on any atom is -0.348 e. The van der Waals surface area contributed by atoms with E-state index in [2.05, 4.69) is 64.2 Å². The highest BCUT2D eigenvalue weighted by Crippen LogP contribution is 2.30. The van der Waals surface area contributed by atoms with Gasteiger partial charge in [0.25, 0.3) is 5.91 Å². The van der Waals surface area contributed by atoms with Crippen molar-refractivity contribution in [1.82, 2.24) is 9.80 Å². The minimum absolute atomic E-state index is 0.123. The number of rotatable bonds is 3.